The Bertz CT molecular complexity index is 272. The Hall–Kier alpha value is -0.770. The second-order valence-electron chi connectivity index (χ2n) is 5.71. The summed E-state index contributed by atoms with van der Waals surface area (Å²) in [5.74, 6) is 1.28. The number of piperidine rings is 1. The highest BCUT2D eigenvalue weighted by Gasteiger charge is 2.48. The molecule has 0 radical (unpaired) electrons. The Morgan fingerprint density at radius 1 is 1.40 bits per heavy atom. The van der Waals surface area contributed by atoms with Crippen LogP contribution in [0.2, 0.25) is 0 Å². The Balaban J connectivity index is 1.90. The third-order valence-corrected chi connectivity index (χ3v) is 3.07. The van der Waals surface area contributed by atoms with E-state index in [-0.39, 0.29) is 12.1 Å². The number of fused-ring (bicyclic) bond motifs is 1. The van der Waals surface area contributed by atoms with Crippen LogP contribution in [0.3, 0.4) is 0 Å². The largest absolute Gasteiger partial charge is 0.444 e. The van der Waals surface area contributed by atoms with E-state index in [1.807, 2.05) is 20.8 Å². The summed E-state index contributed by atoms with van der Waals surface area (Å²) < 4.78 is 5.32. The van der Waals surface area contributed by atoms with Gasteiger partial charge in [0.15, 0.2) is 0 Å². The van der Waals surface area contributed by atoms with Gasteiger partial charge in [-0.2, -0.15) is 0 Å². The number of nitrogens with zero attached hydrogens (tertiary/aromatic N) is 1. The molecule has 0 unspecified atom stereocenters. The maximum atomic E-state index is 11.8. The van der Waals surface area contributed by atoms with Gasteiger partial charge in [-0.25, -0.2) is 4.79 Å². The van der Waals surface area contributed by atoms with E-state index in [4.69, 9.17) is 10.5 Å². The molecule has 15 heavy (non-hydrogen) atoms. The first-order chi connectivity index (χ1) is 6.87. The molecule has 3 atom stereocenters. The van der Waals surface area contributed by atoms with Gasteiger partial charge in [0, 0.05) is 19.1 Å². The zero-order valence-electron chi connectivity index (χ0n) is 9.69. The van der Waals surface area contributed by atoms with Crippen LogP contribution in [0.5, 0.6) is 0 Å². The summed E-state index contributed by atoms with van der Waals surface area (Å²) in [5, 5.41) is 0. The summed E-state index contributed by atoms with van der Waals surface area (Å²) in [4.78, 5) is 13.5. The highest BCUT2D eigenvalue weighted by atomic mass is 16.6. The second kappa shape index (κ2) is 3.37. The molecule has 0 aromatic carbocycles. The van der Waals surface area contributed by atoms with E-state index >= 15 is 0 Å². The summed E-state index contributed by atoms with van der Waals surface area (Å²) in [6, 6.07) is 0.149. The number of rotatable bonds is 0. The van der Waals surface area contributed by atoms with E-state index in [1.165, 1.54) is 6.42 Å². The lowest BCUT2D eigenvalue weighted by atomic mass is 10.1. The zero-order valence-corrected chi connectivity index (χ0v) is 9.69. The van der Waals surface area contributed by atoms with Gasteiger partial charge in [0.25, 0.3) is 0 Å². The van der Waals surface area contributed by atoms with E-state index in [2.05, 4.69) is 0 Å². The van der Waals surface area contributed by atoms with Crippen LogP contribution in [0.1, 0.15) is 27.2 Å². The van der Waals surface area contributed by atoms with Crippen molar-refractivity contribution in [1.82, 2.24) is 4.90 Å². The number of ether oxygens (including phenoxy) is 1. The van der Waals surface area contributed by atoms with Crippen LogP contribution in [-0.4, -0.2) is 35.7 Å². The van der Waals surface area contributed by atoms with Crippen LogP contribution in [0, 0.1) is 11.8 Å². The number of likely N-dealkylation sites (tertiary alicyclic amines) is 1. The average molecular weight is 212 g/mol. The van der Waals surface area contributed by atoms with E-state index in [0.29, 0.717) is 18.4 Å². The molecule has 0 spiro atoms. The molecule has 2 N–H and O–H groups in total. The fourth-order valence-electron chi connectivity index (χ4n) is 2.23. The van der Waals surface area contributed by atoms with Gasteiger partial charge in [0.1, 0.15) is 5.60 Å². The third kappa shape index (κ3) is 2.43. The van der Waals surface area contributed by atoms with E-state index < -0.39 is 5.60 Å². The van der Waals surface area contributed by atoms with Gasteiger partial charge < -0.3 is 15.4 Å². The second-order valence-corrected chi connectivity index (χ2v) is 5.71. The van der Waals surface area contributed by atoms with Crippen molar-refractivity contribution < 1.29 is 9.53 Å². The number of hydrogen-bond acceptors (Lipinski definition) is 3. The molecule has 1 heterocycles. The Morgan fingerprint density at radius 2 is 2.07 bits per heavy atom. The van der Waals surface area contributed by atoms with Crippen molar-refractivity contribution in [3.05, 3.63) is 0 Å². The van der Waals surface area contributed by atoms with Gasteiger partial charge in [-0.05, 0) is 39.0 Å². The Kier molecular flexibility index (Phi) is 2.41. The SMILES string of the molecule is CC(C)(C)OC(=O)N1C[C@@H]2C[C@H]2[C@H](N)C1. The lowest BCUT2D eigenvalue weighted by Crippen LogP contribution is -2.48. The summed E-state index contributed by atoms with van der Waals surface area (Å²) >= 11 is 0. The number of carbonyl (C=O) groups excluding carboxylic acids is 1. The highest BCUT2D eigenvalue weighted by Crippen LogP contribution is 2.44. The molecule has 0 aromatic rings. The summed E-state index contributed by atoms with van der Waals surface area (Å²) in [5.41, 5.74) is 5.55. The van der Waals surface area contributed by atoms with E-state index in [9.17, 15) is 4.79 Å². The van der Waals surface area contributed by atoms with Crippen LogP contribution < -0.4 is 5.73 Å². The van der Waals surface area contributed by atoms with Gasteiger partial charge in [-0.1, -0.05) is 0 Å². The van der Waals surface area contributed by atoms with Gasteiger partial charge in [-0.3, -0.25) is 0 Å². The minimum Gasteiger partial charge on any atom is -0.444 e. The molecule has 4 heteroatoms. The van der Waals surface area contributed by atoms with E-state index in [0.717, 1.165) is 6.54 Å². The van der Waals surface area contributed by atoms with Crippen LogP contribution in [0.15, 0.2) is 0 Å². The Morgan fingerprint density at radius 3 is 2.60 bits per heavy atom. The molecule has 2 aliphatic rings. The van der Waals surface area contributed by atoms with Crippen molar-refractivity contribution in [2.45, 2.75) is 38.8 Å². The van der Waals surface area contributed by atoms with Crippen LogP contribution in [0.4, 0.5) is 4.79 Å². The van der Waals surface area contributed by atoms with Crippen LogP contribution in [-0.2, 0) is 4.74 Å². The van der Waals surface area contributed by atoms with Gasteiger partial charge in [0.2, 0.25) is 0 Å². The van der Waals surface area contributed by atoms with Gasteiger partial charge in [0.05, 0.1) is 0 Å². The molecule has 1 saturated carbocycles. The third-order valence-electron chi connectivity index (χ3n) is 3.07. The maximum absolute atomic E-state index is 11.8. The molecular weight excluding hydrogens is 192 g/mol. The summed E-state index contributed by atoms with van der Waals surface area (Å²) in [7, 11) is 0. The number of amides is 1. The minimum absolute atomic E-state index is 0.149. The van der Waals surface area contributed by atoms with Crippen LogP contribution >= 0.6 is 0 Å². The minimum atomic E-state index is -0.415. The predicted octanol–water partition coefficient (Wildman–Crippen LogP) is 1.20. The molecule has 2 fully saturated rings. The summed E-state index contributed by atoms with van der Waals surface area (Å²) in [6.45, 7) is 7.13. The molecule has 1 aliphatic carbocycles. The van der Waals surface area contributed by atoms with Crippen molar-refractivity contribution in [2.24, 2.45) is 17.6 Å². The van der Waals surface area contributed by atoms with Gasteiger partial charge >= 0.3 is 6.09 Å². The first-order valence-corrected chi connectivity index (χ1v) is 5.60. The number of nitrogens with two attached hydrogens (primary N) is 1. The van der Waals surface area contributed by atoms with Crippen molar-refractivity contribution >= 4 is 6.09 Å². The summed E-state index contributed by atoms with van der Waals surface area (Å²) in [6.07, 6.45) is 0.962. The lowest BCUT2D eigenvalue weighted by molar-refractivity contribution is 0.0191. The fourth-order valence-corrected chi connectivity index (χ4v) is 2.23. The fraction of sp³-hybridized carbons (Fsp3) is 0.909. The van der Waals surface area contributed by atoms with Crippen molar-refractivity contribution in [3.63, 3.8) is 0 Å². The normalized spacial score (nSPS) is 34.7. The van der Waals surface area contributed by atoms with Crippen molar-refractivity contribution in [1.29, 1.82) is 0 Å². The van der Waals surface area contributed by atoms with Crippen LogP contribution in [0.25, 0.3) is 0 Å². The van der Waals surface area contributed by atoms with Gasteiger partial charge in [-0.15, -0.1) is 0 Å². The standard InChI is InChI=1S/C11H20N2O2/c1-11(2,3)15-10(14)13-5-7-4-8(7)9(12)6-13/h7-9H,4-6,12H2,1-3H3/t7-,8+,9+/m0/s1. The van der Waals surface area contributed by atoms with E-state index in [1.54, 1.807) is 4.90 Å². The molecule has 0 aromatic heterocycles. The monoisotopic (exact) mass is 212 g/mol. The smallest absolute Gasteiger partial charge is 0.410 e. The molecule has 86 valence electrons. The topological polar surface area (TPSA) is 55.6 Å². The first-order valence-electron chi connectivity index (χ1n) is 5.60. The van der Waals surface area contributed by atoms with Crippen molar-refractivity contribution in [3.8, 4) is 0 Å². The highest BCUT2D eigenvalue weighted by molar-refractivity contribution is 5.68. The predicted molar refractivity (Wildman–Crippen MR) is 57.4 cm³/mol. The molecule has 1 aliphatic heterocycles. The maximum Gasteiger partial charge on any atom is 0.410 e. The average Bonchev–Trinajstić information content (AvgIpc) is 2.79. The Labute approximate surface area is 90.8 Å². The molecule has 4 nitrogen and oxygen atoms in total. The number of carbonyl (C=O) groups is 1. The quantitative estimate of drug-likeness (QED) is 0.656. The first kappa shape index (κ1) is 10.7. The number of hydrogen-bond donors (Lipinski definition) is 1. The molecular formula is C11H20N2O2. The molecule has 1 saturated heterocycles. The molecule has 1 amide bonds. The molecule has 2 rings (SSSR count). The lowest BCUT2D eigenvalue weighted by Gasteiger charge is -2.32. The molecule has 0 bridgehead atoms. The van der Waals surface area contributed by atoms with Crippen molar-refractivity contribution in [2.75, 3.05) is 13.1 Å². The zero-order chi connectivity index (χ0) is 11.2.